The van der Waals surface area contributed by atoms with Crippen molar-refractivity contribution in [3.05, 3.63) is 0 Å². The van der Waals surface area contributed by atoms with Crippen molar-refractivity contribution in [3.63, 3.8) is 0 Å². The lowest BCUT2D eigenvalue weighted by molar-refractivity contribution is 0.471. The van der Waals surface area contributed by atoms with Crippen molar-refractivity contribution in [3.8, 4) is 0 Å². The van der Waals surface area contributed by atoms with Gasteiger partial charge in [0.2, 0.25) is 0 Å². The first-order chi connectivity index (χ1) is 8.35. The van der Waals surface area contributed by atoms with Gasteiger partial charge in [-0.1, -0.05) is 55.3 Å². The van der Waals surface area contributed by atoms with Gasteiger partial charge in [-0.15, -0.1) is 46.4 Å². The second-order valence-corrected chi connectivity index (χ2v) is 15.7. The molecule has 1 nitrogen and oxygen atoms in total. The summed E-state index contributed by atoms with van der Waals surface area (Å²) in [5, 5.41) is 0. The lowest BCUT2D eigenvalue weighted by Gasteiger charge is -2.49. The Bertz CT molecular complexity index is 251. The average molecular weight is 408 g/mol. The van der Waals surface area contributed by atoms with E-state index >= 15 is 0 Å². The highest BCUT2D eigenvalue weighted by molar-refractivity contribution is 7.04. The summed E-state index contributed by atoms with van der Waals surface area (Å²) in [6, 6.07) is 0. The fourth-order valence-electron chi connectivity index (χ4n) is 2.78. The van der Waals surface area contributed by atoms with Crippen molar-refractivity contribution in [2.45, 2.75) is 51.5 Å². The van der Waals surface area contributed by atoms with Gasteiger partial charge in [0.15, 0.2) is 8.24 Å². The molecule has 1 rings (SSSR count). The maximum Gasteiger partial charge on any atom is 0.197 e. The Morgan fingerprint density at radius 2 is 1.33 bits per heavy atom. The molecule has 1 fully saturated rings. The molecule has 0 bridgehead atoms. The monoisotopic (exact) mass is 405 g/mol. The molecule has 108 valence electrons. The Kier molecular flexibility index (Phi) is 8.03. The van der Waals surface area contributed by atoms with Gasteiger partial charge in [0, 0.05) is 0 Å². The van der Waals surface area contributed by atoms with Gasteiger partial charge >= 0.3 is 0 Å². The molecule has 1 saturated carbocycles. The molecule has 0 spiro atoms. The van der Waals surface area contributed by atoms with Crippen LogP contribution in [-0.2, 0) is 0 Å². The van der Waals surface area contributed by atoms with E-state index < -0.39 is 22.1 Å². The maximum absolute atomic E-state index is 6.29. The van der Waals surface area contributed by atoms with E-state index in [1.54, 1.807) is 0 Å². The molecule has 0 amide bonds. The van der Waals surface area contributed by atoms with Crippen LogP contribution in [0.4, 0.5) is 0 Å². The van der Waals surface area contributed by atoms with Crippen LogP contribution in [0.1, 0.15) is 32.1 Å². The van der Waals surface area contributed by atoms with Crippen molar-refractivity contribution in [1.82, 2.24) is 4.23 Å². The molecule has 1 aliphatic carbocycles. The number of halogens is 6. The van der Waals surface area contributed by atoms with Crippen molar-refractivity contribution in [1.29, 1.82) is 0 Å². The quantitative estimate of drug-likeness (QED) is 0.373. The summed E-state index contributed by atoms with van der Waals surface area (Å²) in [4.78, 5) is -0.634. The average Bonchev–Trinajstić information content (AvgIpc) is 2.30. The number of rotatable bonds is 5. The summed E-state index contributed by atoms with van der Waals surface area (Å²) in [5.74, 6) is 0. The first-order valence-corrected chi connectivity index (χ1v) is 11.6. The van der Waals surface area contributed by atoms with E-state index in [0.29, 0.717) is 15.9 Å². The Labute approximate surface area is 143 Å². The summed E-state index contributed by atoms with van der Waals surface area (Å²) >= 11 is 37.2. The zero-order valence-electron chi connectivity index (χ0n) is 10.1. The maximum atomic E-state index is 6.29. The summed E-state index contributed by atoms with van der Waals surface area (Å²) in [7, 11) is -1.87. The molecular formula is C9H17Cl6NSi2. The van der Waals surface area contributed by atoms with Gasteiger partial charge in [-0.3, -0.25) is 0 Å². The summed E-state index contributed by atoms with van der Waals surface area (Å²) < 4.78 is 0.803. The Hall–Kier alpha value is 2.13. The van der Waals surface area contributed by atoms with E-state index in [4.69, 9.17) is 69.6 Å². The zero-order valence-corrected chi connectivity index (χ0v) is 17.6. The third kappa shape index (κ3) is 3.66. The second-order valence-electron chi connectivity index (χ2n) is 4.71. The fourth-order valence-corrected chi connectivity index (χ4v) is 18.4. The Morgan fingerprint density at radius 3 is 1.67 bits per heavy atom. The van der Waals surface area contributed by atoms with E-state index in [1.807, 2.05) is 4.23 Å². The van der Waals surface area contributed by atoms with Crippen molar-refractivity contribution in [2.24, 2.45) is 0 Å². The SMILES string of the molecule is [SiH3]N(C(Cl)Cl)[Si](C(Cl)Cl)(C(Cl)Cl)C1CCCCC1. The molecule has 0 radical (unpaired) electrons. The lowest BCUT2D eigenvalue weighted by Crippen LogP contribution is -2.67. The standard InChI is InChI=1S/C9H17Cl6NSi2/c10-7(11)16(17)18(8(12)13,9(14)15)6-4-2-1-3-5-6/h6-9H,1-5H2,17H3. The van der Waals surface area contributed by atoms with Crippen molar-refractivity contribution >= 4 is 88.2 Å². The largest absolute Gasteiger partial charge is 0.322 e. The van der Waals surface area contributed by atoms with Crippen LogP contribution >= 0.6 is 69.6 Å². The minimum absolute atomic E-state index is 0.365. The number of alkyl halides is 6. The molecule has 1 aliphatic rings. The lowest BCUT2D eigenvalue weighted by atomic mass is 10.0. The van der Waals surface area contributed by atoms with Crippen LogP contribution in [0.15, 0.2) is 0 Å². The number of nitrogens with zero attached hydrogens (tertiary/aromatic N) is 1. The minimum atomic E-state index is -2.52. The molecule has 0 N–H and O–H groups in total. The highest BCUT2D eigenvalue weighted by atomic mass is 35.5. The van der Waals surface area contributed by atoms with Crippen molar-refractivity contribution < 1.29 is 0 Å². The first kappa shape index (κ1) is 18.2. The van der Waals surface area contributed by atoms with Crippen LogP contribution in [-0.4, -0.2) is 36.7 Å². The summed E-state index contributed by atoms with van der Waals surface area (Å²) in [5.41, 5.74) is 0.365. The Morgan fingerprint density at radius 1 is 0.889 bits per heavy atom. The third-order valence-electron chi connectivity index (χ3n) is 3.86. The molecule has 0 unspecified atom stereocenters. The van der Waals surface area contributed by atoms with E-state index in [1.165, 1.54) is 19.3 Å². The number of hydrogen-bond donors (Lipinski definition) is 0. The van der Waals surface area contributed by atoms with E-state index in [0.717, 1.165) is 12.8 Å². The molecule has 0 aromatic heterocycles. The zero-order chi connectivity index (χ0) is 13.9. The highest BCUT2D eigenvalue weighted by Crippen LogP contribution is 2.47. The topological polar surface area (TPSA) is 3.24 Å². The van der Waals surface area contributed by atoms with Gasteiger partial charge in [0.25, 0.3) is 0 Å². The molecule has 18 heavy (non-hydrogen) atoms. The normalized spacial score (nSPS) is 19.7. The van der Waals surface area contributed by atoms with Gasteiger partial charge in [-0.25, -0.2) is 0 Å². The van der Waals surface area contributed by atoms with Gasteiger partial charge in [-0.2, -0.15) is 0 Å². The van der Waals surface area contributed by atoms with Crippen LogP contribution in [0.5, 0.6) is 0 Å². The smallest absolute Gasteiger partial charge is 0.197 e. The van der Waals surface area contributed by atoms with Gasteiger partial charge in [0.05, 0.1) is 10.4 Å². The number of hydrogen-bond acceptors (Lipinski definition) is 1. The summed E-state index contributed by atoms with van der Waals surface area (Å²) in [6.07, 6.45) is 5.72. The molecular weight excluding hydrogens is 391 g/mol. The molecule has 9 heteroatoms. The summed E-state index contributed by atoms with van der Waals surface area (Å²) in [6.45, 7) is 0. The van der Waals surface area contributed by atoms with Crippen LogP contribution in [0.3, 0.4) is 0 Å². The molecule has 0 aromatic carbocycles. The predicted molar refractivity (Wildman–Crippen MR) is 90.8 cm³/mol. The molecule has 0 aromatic rings. The van der Waals surface area contributed by atoms with Gasteiger partial charge in [-0.05, 0) is 5.54 Å². The molecule has 0 aliphatic heterocycles. The fraction of sp³-hybridized carbons (Fsp3) is 1.00. The predicted octanol–water partition coefficient (Wildman–Crippen LogP) is 4.30. The van der Waals surface area contributed by atoms with E-state index in [2.05, 4.69) is 0 Å². The van der Waals surface area contributed by atoms with Crippen molar-refractivity contribution in [2.75, 3.05) is 0 Å². The highest BCUT2D eigenvalue weighted by Gasteiger charge is 2.56. The van der Waals surface area contributed by atoms with Crippen LogP contribution in [0, 0.1) is 0 Å². The van der Waals surface area contributed by atoms with E-state index in [9.17, 15) is 0 Å². The second kappa shape index (κ2) is 7.95. The first-order valence-electron chi connectivity index (χ1n) is 5.92. The molecule has 0 saturated heterocycles. The molecule has 0 atom stereocenters. The third-order valence-corrected chi connectivity index (χ3v) is 17.2. The Balaban J connectivity index is 3.11. The van der Waals surface area contributed by atoms with Crippen LogP contribution in [0.25, 0.3) is 0 Å². The van der Waals surface area contributed by atoms with E-state index in [-0.39, 0.29) is 0 Å². The minimum Gasteiger partial charge on any atom is -0.322 e. The molecule has 0 heterocycles. The van der Waals surface area contributed by atoms with Crippen LogP contribution in [0.2, 0.25) is 5.54 Å². The van der Waals surface area contributed by atoms with Crippen LogP contribution < -0.4 is 0 Å². The van der Waals surface area contributed by atoms with Gasteiger partial charge in [0.1, 0.15) is 13.9 Å². The van der Waals surface area contributed by atoms with Gasteiger partial charge < -0.3 is 4.23 Å².